The molecule has 0 aliphatic heterocycles. The van der Waals surface area contributed by atoms with Crippen LogP contribution < -0.4 is 10.6 Å². The lowest BCUT2D eigenvalue weighted by Crippen LogP contribution is -2.27. The van der Waals surface area contributed by atoms with E-state index in [0.717, 1.165) is 24.6 Å². The predicted molar refractivity (Wildman–Crippen MR) is 79.2 cm³/mol. The number of pyridine rings is 1. The fourth-order valence-corrected chi connectivity index (χ4v) is 2.01. The maximum absolute atomic E-state index is 6.05. The van der Waals surface area contributed by atoms with Crippen LogP contribution in [0.15, 0.2) is 12.1 Å². The van der Waals surface area contributed by atoms with E-state index in [2.05, 4.69) is 23.7 Å². The van der Waals surface area contributed by atoms with Gasteiger partial charge in [-0.2, -0.15) is 0 Å². The first-order chi connectivity index (χ1) is 8.72. The van der Waals surface area contributed by atoms with Crippen molar-refractivity contribution in [1.82, 2.24) is 4.98 Å². The van der Waals surface area contributed by atoms with Crippen LogP contribution >= 0.6 is 11.6 Å². The summed E-state index contributed by atoms with van der Waals surface area (Å²) in [7, 11) is 0. The van der Waals surface area contributed by atoms with Gasteiger partial charge in [0.25, 0.3) is 0 Å². The van der Waals surface area contributed by atoms with E-state index in [-0.39, 0.29) is 0 Å². The number of rotatable bonds is 8. The summed E-state index contributed by atoms with van der Waals surface area (Å²) < 4.78 is 0. The lowest BCUT2D eigenvalue weighted by atomic mass is 10.2. The lowest BCUT2D eigenvalue weighted by molar-refractivity contribution is 0.669. The van der Waals surface area contributed by atoms with Crippen molar-refractivity contribution in [1.29, 1.82) is 0 Å². The van der Waals surface area contributed by atoms with Gasteiger partial charge in [-0.05, 0) is 25.0 Å². The van der Waals surface area contributed by atoms with E-state index in [4.69, 9.17) is 17.3 Å². The van der Waals surface area contributed by atoms with Crippen molar-refractivity contribution in [3.63, 3.8) is 0 Å². The first-order valence-electron chi connectivity index (χ1n) is 6.83. The van der Waals surface area contributed by atoms with E-state index in [1.807, 2.05) is 12.1 Å². The first-order valence-corrected chi connectivity index (χ1v) is 7.21. The number of nitrogens with zero attached hydrogens (tertiary/aromatic N) is 2. The summed E-state index contributed by atoms with van der Waals surface area (Å²) in [5.41, 5.74) is 6.44. The number of hydrogen-bond donors (Lipinski definition) is 1. The smallest absolute Gasteiger partial charge is 0.128 e. The zero-order chi connectivity index (χ0) is 13.4. The highest BCUT2D eigenvalue weighted by Gasteiger charge is 2.09. The molecule has 0 unspecified atom stereocenters. The molecule has 18 heavy (non-hydrogen) atoms. The van der Waals surface area contributed by atoms with Gasteiger partial charge in [0.2, 0.25) is 0 Å². The van der Waals surface area contributed by atoms with Gasteiger partial charge in [-0.1, -0.05) is 38.3 Å². The molecule has 4 heteroatoms. The van der Waals surface area contributed by atoms with Crippen molar-refractivity contribution in [3.05, 3.63) is 22.8 Å². The average Bonchev–Trinajstić information content (AvgIpc) is 2.40. The van der Waals surface area contributed by atoms with Crippen molar-refractivity contribution < 1.29 is 0 Å². The van der Waals surface area contributed by atoms with Gasteiger partial charge in [0.1, 0.15) is 5.82 Å². The average molecular weight is 270 g/mol. The third kappa shape index (κ3) is 4.46. The number of aromatic nitrogens is 1. The molecule has 3 nitrogen and oxygen atoms in total. The van der Waals surface area contributed by atoms with E-state index in [0.29, 0.717) is 11.6 Å². The van der Waals surface area contributed by atoms with E-state index < -0.39 is 0 Å². The second-order valence-corrected chi connectivity index (χ2v) is 4.90. The highest BCUT2D eigenvalue weighted by Crippen LogP contribution is 2.19. The van der Waals surface area contributed by atoms with Crippen LogP contribution in [0.25, 0.3) is 0 Å². The summed E-state index contributed by atoms with van der Waals surface area (Å²) in [6, 6.07) is 3.89. The number of unbranched alkanes of at least 4 members (excludes halogenated alkanes) is 2. The molecule has 1 aromatic heterocycles. The molecule has 0 radical (unpaired) electrons. The van der Waals surface area contributed by atoms with Crippen LogP contribution in [-0.4, -0.2) is 18.1 Å². The minimum atomic E-state index is 0.391. The van der Waals surface area contributed by atoms with Crippen LogP contribution in [0.5, 0.6) is 0 Å². The molecular formula is C14H24ClN3. The Labute approximate surface area is 115 Å². The van der Waals surface area contributed by atoms with Gasteiger partial charge in [-0.3, -0.25) is 0 Å². The van der Waals surface area contributed by atoms with Crippen LogP contribution in [0.2, 0.25) is 5.02 Å². The Balaban J connectivity index is 2.82. The molecule has 0 spiro atoms. The molecule has 0 aliphatic rings. The highest BCUT2D eigenvalue weighted by atomic mass is 35.5. The van der Waals surface area contributed by atoms with Crippen molar-refractivity contribution in [2.45, 2.75) is 46.1 Å². The van der Waals surface area contributed by atoms with Gasteiger partial charge in [0.05, 0.1) is 10.7 Å². The minimum Gasteiger partial charge on any atom is -0.357 e. The van der Waals surface area contributed by atoms with Crippen molar-refractivity contribution >= 4 is 17.4 Å². The molecule has 2 N–H and O–H groups in total. The molecule has 0 aromatic carbocycles. The Morgan fingerprint density at radius 3 is 2.28 bits per heavy atom. The molecule has 1 aromatic rings. The van der Waals surface area contributed by atoms with Crippen molar-refractivity contribution in [2.75, 3.05) is 18.0 Å². The third-order valence-electron chi connectivity index (χ3n) is 2.98. The van der Waals surface area contributed by atoms with Crippen LogP contribution in [-0.2, 0) is 6.54 Å². The monoisotopic (exact) mass is 269 g/mol. The van der Waals surface area contributed by atoms with Gasteiger partial charge in [0, 0.05) is 19.6 Å². The van der Waals surface area contributed by atoms with Crippen LogP contribution in [0.4, 0.5) is 5.82 Å². The third-order valence-corrected chi connectivity index (χ3v) is 3.33. The predicted octanol–water partition coefficient (Wildman–Crippen LogP) is 3.60. The Bertz CT molecular complexity index is 347. The minimum absolute atomic E-state index is 0.391. The van der Waals surface area contributed by atoms with Gasteiger partial charge in [-0.15, -0.1) is 0 Å². The maximum atomic E-state index is 6.05. The zero-order valence-corrected chi connectivity index (χ0v) is 12.2. The van der Waals surface area contributed by atoms with Gasteiger partial charge in [0.15, 0.2) is 0 Å². The van der Waals surface area contributed by atoms with Crippen LogP contribution in [0.3, 0.4) is 0 Å². The topological polar surface area (TPSA) is 42.1 Å². The molecule has 102 valence electrons. The highest BCUT2D eigenvalue weighted by molar-refractivity contribution is 6.31. The summed E-state index contributed by atoms with van der Waals surface area (Å²) in [5, 5.41) is 0.659. The molecular weight excluding hydrogens is 246 g/mol. The van der Waals surface area contributed by atoms with E-state index >= 15 is 0 Å². The fraction of sp³-hybridized carbons (Fsp3) is 0.643. The summed E-state index contributed by atoms with van der Waals surface area (Å²) in [6.07, 6.45) is 4.76. The molecule has 0 bridgehead atoms. The van der Waals surface area contributed by atoms with E-state index in [9.17, 15) is 0 Å². The van der Waals surface area contributed by atoms with E-state index in [1.54, 1.807) is 0 Å². The molecule has 0 aliphatic carbocycles. The summed E-state index contributed by atoms with van der Waals surface area (Å²) >= 11 is 6.05. The Morgan fingerprint density at radius 2 is 1.78 bits per heavy atom. The Hall–Kier alpha value is -0.800. The molecule has 1 heterocycles. The number of anilines is 1. The van der Waals surface area contributed by atoms with Crippen LogP contribution in [0.1, 0.15) is 45.2 Å². The van der Waals surface area contributed by atoms with Gasteiger partial charge in [-0.25, -0.2) is 4.98 Å². The SMILES string of the molecule is CCCCN(CCCC)c1ccc(Cl)c(CN)n1. The van der Waals surface area contributed by atoms with Gasteiger partial charge < -0.3 is 10.6 Å². The summed E-state index contributed by atoms with van der Waals surface area (Å²) in [4.78, 5) is 6.90. The molecule has 0 saturated carbocycles. The van der Waals surface area contributed by atoms with Crippen molar-refractivity contribution in [3.8, 4) is 0 Å². The second kappa shape index (κ2) is 8.33. The molecule has 0 saturated heterocycles. The summed E-state index contributed by atoms with van der Waals surface area (Å²) in [5.74, 6) is 1.00. The molecule has 1 rings (SSSR count). The quantitative estimate of drug-likeness (QED) is 0.784. The summed E-state index contributed by atoms with van der Waals surface area (Å²) in [6.45, 7) is 6.91. The largest absolute Gasteiger partial charge is 0.357 e. The lowest BCUT2D eigenvalue weighted by Gasteiger charge is -2.24. The second-order valence-electron chi connectivity index (χ2n) is 4.50. The Morgan fingerprint density at radius 1 is 1.17 bits per heavy atom. The number of halogens is 1. The Kier molecular flexibility index (Phi) is 7.06. The molecule has 0 amide bonds. The maximum Gasteiger partial charge on any atom is 0.128 e. The fourth-order valence-electron chi connectivity index (χ4n) is 1.83. The van der Waals surface area contributed by atoms with Crippen molar-refractivity contribution in [2.24, 2.45) is 5.73 Å². The number of nitrogens with two attached hydrogens (primary N) is 1. The molecule has 0 fully saturated rings. The normalized spacial score (nSPS) is 10.7. The van der Waals surface area contributed by atoms with E-state index in [1.165, 1.54) is 25.7 Å². The van der Waals surface area contributed by atoms with Gasteiger partial charge >= 0.3 is 0 Å². The zero-order valence-electron chi connectivity index (χ0n) is 11.5. The first kappa shape index (κ1) is 15.3. The standard InChI is InChI=1S/C14H24ClN3/c1-3-5-9-18(10-6-4-2)14-8-7-12(15)13(11-16)17-14/h7-8H,3-6,9-11,16H2,1-2H3. The number of hydrogen-bond acceptors (Lipinski definition) is 3. The molecule has 0 atom stereocenters. The van der Waals surface area contributed by atoms with Crippen LogP contribution in [0, 0.1) is 0 Å².